The van der Waals surface area contributed by atoms with Gasteiger partial charge in [-0.05, 0) is 23.6 Å². The smallest absolute Gasteiger partial charge is 0.261 e. The summed E-state index contributed by atoms with van der Waals surface area (Å²) in [7, 11) is 1.55. The fraction of sp³-hybridized carbons (Fsp3) is 0. The first-order valence-electron chi connectivity index (χ1n) is 4.21. The van der Waals surface area contributed by atoms with Gasteiger partial charge in [0.05, 0.1) is 4.90 Å². The maximum atomic E-state index is 11.1. The Morgan fingerprint density at radius 2 is 1.87 bits per heavy atom. The summed E-state index contributed by atoms with van der Waals surface area (Å²) < 4.78 is 22.2. The summed E-state index contributed by atoms with van der Waals surface area (Å²) in [6.07, 6.45) is 0. The Hall–Kier alpha value is -1.26. The SMILES string of the molecule is Nc1cccc2ccc(S(=O)(=O)Cl)cc12. The Balaban J connectivity index is 2.81. The van der Waals surface area contributed by atoms with Crippen LogP contribution in [-0.4, -0.2) is 8.42 Å². The molecule has 15 heavy (non-hydrogen) atoms. The van der Waals surface area contributed by atoms with Gasteiger partial charge in [0.25, 0.3) is 9.05 Å². The topological polar surface area (TPSA) is 60.2 Å². The first-order valence-corrected chi connectivity index (χ1v) is 6.52. The first-order chi connectivity index (χ1) is 6.98. The summed E-state index contributed by atoms with van der Waals surface area (Å²) in [5.74, 6) is 0. The first kappa shape index (κ1) is 10.3. The lowest BCUT2D eigenvalue weighted by atomic mass is 10.1. The Kier molecular flexibility index (Phi) is 2.32. The number of rotatable bonds is 1. The molecule has 78 valence electrons. The molecule has 2 N–H and O–H groups in total. The van der Waals surface area contributed by atoms with Crippen molar-refractivity contribution in [3.05, 3.63) is 36.4 Å². The van der Waals surface area contributed by atoms with Gasteiger partial charge in [0.2, 0.25) is 0 Å². The predicted molar refractivity (Wildman–Crippen MR) is 61.4 cm³/mol. The van der Waals surface area contributed by atoms with Gasteiger partial charge in [-0.1, -0.05) is 18.2 Å². The molecule has 0 saturated heterocycles. The fourth-order valence-electron chi connectivity index (χ4n) is 1.43. The zero-order valence-electron chi connectivity index (χ0n) is 7.64. The number of nitrogen functional groups attached to an aromatic ring is 1. The van der Waals surface area contributed by atoms with Gasteiger partial charge in [0.1, 0.15) is 0 Å². The number of halogens is 1. The molecule has 3 nitrogen and oxygen atoms in total. The zero-order valence-corrected chi connectivity index (χ0v) is 9.22. The molecule has 0 unspecified atom stereocenters. The third-order valence-electron chi connectivity index (χ3n) is 2.17. The Morgan fingerprint density at radius 3 is 2.53 bits per heavy atom. The summed E-state index contributed by atoms with van der Waals surface area (Å²) >= 11 is 0. The van der Waals surface area contributed by atoms with E-state index in [1.165, 1.54) is 12.1 Å². The molecule has 0 aromatic heterocycles. The van der Waals surface area contributed by atoms with Crippen LogP contribution in [0.15, 0.2) is 41.3 Å². The summed E-state index contributed by atoms with van der Waals surface area (Å²) in [5.41, 5.74) is 6.27. The minimum Gasteiger partial charge on any atom is -0.398 e. The molecule has 0 spiro atoms. The van der Waals surface area contributed by atoms with Crippen LogP contribution >= 0.6 is 10.7 Å². The van der Waals surface area contributed by atoms with E-state index in [0.717, 1.165) is 5.39 Å². The van der Waals surface area contributed by atoms with Gasteiger partial charge in [-0.2, -0.15) is 0 Å². The van der Waals surface area contributed by atoms with Crippen LogP contribution in [0.1, 0.15) is 0 Å². The second-order valence-corrected chi connectivity index (χ2v) is 5.73. The van der Waals surface area contributed by atoms with E-state index in [4.69, 9.17) is 16.4 Å². The molecule has 5 heteroatoms. The van der Waals surface area contributed by atoms with Gasteiger partial charge in [-0.15, -0.1) is 0 Å². The van der Waals surface area contributed by atoms with Gasteiger partial charge < -0.3 is 5.73 Å². The van der Waals surface area contributed by atoms with E-state index in [1.54, 1.807) is 12.1 Å². The largest absolute Gasteiger partial charge is 0.398 e. The van der Waals surface area contributed by atoms with E-state index in [1.807, 2.05) is 12.1 Å². The number of benzene rings is 2. The van der Waals surface area contributed by atoms with Crippen LogP contribution in [0.4, 0.5) is 5.69 Å². The predicted octanol–water partition coefficient (Wildman–Crippen LogP) is 2.35. The van der Waals surface area contributed by atoms with Crippen molar-refractivity contribution in [3.63, 3.8) is 0 Å². The van der Waals surface area contributed by atoms with Gasteiger partial charge in [-0.3, -0.25) is 0 Å². The molecule has 0 heterocycles. The quantitative estimate of drug-likeness (QED) is 0.616. The van der Waals surface area contributed by atoms with Crippen molar-refractivity contribution >= 4 is 36.2 Å². The lowest BCUT2D eigenvalue weighted by molar-refractivity contribution is 0.609. The number of fused-ring (bicyclic) bond motifs is 1. The second-order valence-electron chi connectivity index (χ2n) is 3.17. The maximum absolute atomic E-state index is 11.1. The molecule has 0 amide bonds. The van der Waals surface area contributed by atoms with Gasteiger partial charge in [-0.25, -0.2) is 8.42 Å². The van der Waals surface area contributed by atoms with Crippen molar-refractivity contribution in [1.82, 2.24) is 0 Å². The molecule has 0 saturated carbocycles. The van der Waals surface area contributed by atoms with Crippen LogP contribution in [0.25, 0.3) is 10.8 Å². The molecule has 0 fully saturated rings. The number of nitrogens with two attached hydrogens (primary N) is 1. The standard InChI is InChI=1S/C10H8ClNO2S/c11-15(13,14)8-5-4-7-2-1-3-10(12)9(7)6-8/h1-6H,12H2. The maximum Gasteiger partial charge on any atom is 0.261 e. The molecule has 0 atom stereocenters. The highest BCUT2D eigenvalue weighted by Gasteiger charge is 2.10. The summed E-state index contributed by atoms with van der Waals surface area (Å²) in [5, 5.41) is 1.58. The van der Waals surface area contributed by atoms with Crippen LogP contribution in [0.2, 0.25) is 0 Å². The Bertz CT molecular complexity index is 622. The van der Waals surface area contributed by atoms with Crippen LogP contribution in [-0.2, 0) is 9.05 Å². The van der Waals surface area contributed by atoms with E-state index in [-0.39, 0.29) is 4.90 Å². The van der Waals surface area contributed by atoms with Gasteiger partial charge >= 0.3 is 0 Å². The average Bonchev–Trinajstić information content (AvgIpc) is 2.16. The molecular weight excluding hydrogens is 234 g/mol. The van der Waals surface area contributed by atoms with Crippen molar-refractivity contribution in [2.75, 3.05) is 5.73 Å². The number of anilines is 1. The molecule has 0 aliphatic heterocycles. The summed E-state index contributed by atoms with van der Waals surface area (Å²) in [6.45, 7) is 0. The van der Waals surface area contributed by atoms with E-state index in [0.29, 0.717) is 11.1 Å². The molecule has 0 radical (unpaired) electrons. The van der Waals surface area contributed by atoms with Gasteiger partial charge in [0, 0.05) is 21.8 Å². The van der Waals surface area contributed by atoms with Crippen molar-refractivity contribution < 1.29 is 8.42 Å². The minimum atomic E-state index is -3.69. The van der Waals surface area contributed by atoms with Crippen LogP contribution in [0.5, 0.6) is 0 Å². The van der Waals surface area contributed by atoms with Crippen LogP contribution in [0.3, 0.4) is 0 Å². The summed E-state index contributed by atoms with van der Waals surface area (Å²) in [6, 6.07) is 10.0. The normalized spacial score (nSPS) is 11.8. The average molecular weight is 242 g/mol. The van der Waals surface area contributed by atoms with Crippen molar-refractivity contribution in [1.29, 1.82) is 0 Å². The third-order valence-corrected chi connectivity index (χ3v) is 3.52. The second kappa shape index (κ2) is 3.40. The fourth-order valence-corrected chi connectivity index (χ4v) is 2.20. The molecule has 2 rings (SSSR count). The lowest BCUT2D eigenvalue weighted by Crippen LogP contribution is -1.92. The van der Waals surface area contributed by atoms with E-state index < -0.39 is 9.05 Å². The van der Waals surface area contributed by atoms with E-state index in [2.05, 4.69) is 0 Å². The van der Waals surface area contributed by atoms with Gasteiger partial charge in [0.15, 0.2) is 0 Å². The highest BCUT2D eigenvalue weighted by atomic mass is 35.7. The number of hydrogen-bond acceptors (Lipinski definition) is 3. The van der Waals surface area contributed by atoms with Crippen molar-refractivity contribution in [2.45, 2.75) is 4.90 Å². The monoisotopic (exact) mass is 241 g/mol. The molecular formula is C10H8ClNO2S. The molecule has 0 bridgehead atoms. The zero-order chi connectivity index (χ0) is 11.1. The summed E-state index contributed by atoms with van der Waals surface area (Å²) in [4.78, 5) is 0.0644. The Labute approximate surface area is 91.9 Å². The number of hydrogen-bond donors (Lipinski definition) is 1. The highest BCUT2D eigenvalue weighted by Crippen LogP contribution is 2.25. The molecule has 2 aromatic rings. The van der Waals surface area contributed by atoms with Crippen molar-refractivity contribution in [3.8, 4) is 0 Å². The van der Waals surface area contributed by atoms with E-state index in [9.17, 15) is 8.42 Å². The van der Waals surface area contributed by atoms with Crippen LogP contribution < -0.4 is 5.73 Å². The molecule has 2 aromatic carbocycles. The lowest BCUT2D eigenvalue weighted by Gasteiger charge is -2.03. The third kappa shape index (κ3) is 1.91. The molecule has 0 aliphatic carbocycles. The van der Waals surface area contributed by atoms with Crippen molar-refractivity contribution in [2.24, 2.45) is 0 Å². The van der Waals surface area contributed by atoms with Crippen LogP contribution in [0, 0.1) is 0 Å². The minimum absolute atomic E-state index is 0.0644. The Morgan fingerprint density at radius 1 is 1.13 bits per heavy atom. The molecule has 0 aliphatic rings. The highest BCUT2D eigenvalue weighted by molar-refractivity contribution is 8.13. The van der Waals surface area contributed by atoms with E-state index >= 15 is 0 Å².